The number of hydrogen-bond acceptors (Lipinski definition) is 4. The number of fused-ring (bicyclic) bond motifs is 3. The number of hydrogen-bond donors (Lipinski definition) is 3. The number of carbonyl (C=O) groups excluding carboxylic acids is 1. The van der Waals surface area contributed by atoms with Gasteiger partial charge < -0.3 is 11.1 Å². The highest BCUT2D eigenvalue weighted by Crippen LogP contribution is 2.45. The molecule has 30 heavy (non-hydrogen) atoms. The lowest BCUT2D eigenvalue weighted by Gasteiger charge is -2.52. The average molecular weight is 446 g/mol. The number of alkyl halides is 3. The van der Waals surface area contributed by atoms with Crippen molar-refractivity contribution < 1.29 is 26.4 Å². The Hall–Kier alpha value is -1.85. The highest BCUT2D eigenvalue weighted by atomic mass is 32.2. The van der Waals surface area contributed by atoms with E-state index in [1.807, 2.05) is 0 Å². The van der Waals surface area contributed by atoms with Crippen LogP contribution >= 0.6 is 0 Å². The third kappa shape index (κ3) is 4.02. The molecule has 0 atom stereocenters. The monoisotopic (exact) mass is 446 g/mol. The summed E-state index contributed by atoms with van der Waals surface area (Å²) in [6, 6.07) is 2.48. The molecule has 0 radical (unpaired) electrons. The molecule has 2 bridgehead atoms. The van der Waals surface area contributed by atoms with Crippen molar-refractivity contribution in [3.8, 4) is 0 Å². The van der Waals surface area contributed by atoms with E-state index >= 15 is 0 Å². The van der Waals surface area contributed by atoms with Gasteiger partial charge in [0.1, 0.15) is 0 Å². The minimum Gasteiger partial charge on any atom is -0.347 e. The van der Waals surface area contributed by atoms with E-state index in [0.717, 1.165) is 31.4 Å². The summed E-state index contributed by atoms with van der Waals surface area (Å²) in [7, 11) is -3.93. The highest BCUT2D eigenvalue weighted by Gasteiger charge is 2.47. The number of nitrogens with zero attached hydrogens (tertiary/aromatic N) is 1. The first-order valence-electron chi connectivity index (χ1n) is 10.0. The maximum absolute atomic E-state index is 13.2. The van der Waals surface area contributed by atoms with Gasteiger partial charge in [0.05, 0.1) is 16.8 Å². The van der Waals surface area contributed by atoms with Gasteiger partial charge in [-0.15, -0.1) is 0 Å². The van der Waals surface area contributed by atoms with Gasteiger partial charge in [-0.25, -0.2) is 0 Å². The molecule has 1 aromatic carbocycles. The normalized spacial score (nSPS) is 29.3. The number of nitrogens with two attached hydrogens (primary N) is 1. The van der Waals surface area contributed by atoms with Crippen molar-refractivity contribution >= 4 is 21.8 Å². The van der Waals surface area contributed by atoms with Crippen molar-refractivity contribution in [2.45, 2.75) is 62.2 Å². The van der Waals surface area contributed by atoms with Gasteiger partial charge in [0, 0.05) is 24.2 Å². The predicted octanol–water partition coefficient (Wildman–Crippen LogP) is 2.60. The van der Waals surface area contributed by atoms with Crippen LogP contribution in [0.3, 0.4) is 0 Å². The van der Waals surface area contributed by atoms with Gasteiger partial charge in [-0.05, 0) is 63.1 Å². The Bertz CT molecular complexity index is 936. The number of halogens is 3. The second-order valence-electron chi connectivity index (χ2n) is 8.71. The Balaban J connectivity index is 1.63. The number of carbonyl (C=O) groups is 1. The lowest BCUT2D eigenvalue weighted by Crippen LogP contribution is -2.61. The molecule has 7 nitrogen and oxygen atoms in total. The van der Waals surface area contributed by atoms with Crippen molar-refractivity contribution in [3.05, 3.63) is 29.3 Å². The zero-order valence-corrected chi connectivity index (χ0v) is 17.2. The van der Waals surface area contributed by atoms with Gasteiger partial charge in [-0.3, -0.25) is 9.52 Å². The first-order valence-corrected chi connectivity index (χ1v) is 11.5. The van der Waals surface area contributed by atoms with Crippen molar-refractivity contribution in [3.63, 3.8) is 0 Å². The Labute approximate surface area is 173 Å². The fourth-order valence-electron chi connectivity index (χ4n) is 4.44. The molecule has 1 saturated heterocycles. The van der Waals surface area contributed by atoms with Crippen molar-refractivity contribution in [1.29, 1.82) is 0 Å². The molecule has 0 spiro atoms. The van der Waals surface area contributed by atoms with E-state index in [1.165, 1.54) is 4.31 Å². The van der Waals surface area contributed by atoms with Gasteiger partial charge in [0.15, 0.2) is 0 Å². The van der Waals surface area contributed by atoms with E-state index < -0.39 is 33.4 Å². The van der Waals surface area contributed by atoms with Crippen LogP contribution in [-0.2, 0) is 16.4 Å². The maximum Gasteiger partial charge on any atom is 0.416 e. The summed E-state index contributed by atoms with van der Waals surface area (Å²) in [4.78, 5) is 13.1. The van der Waals surface area contributed by atoms with E-state index in [9.17, 15) is 26.4 Å². The summed E-state index contributed by atoms with van der Waals surface area (Å²) in [5, 5.41) is 2.91. The lowest BCUT2D eigenvalue weighted by molar-refractivity contribution is -0.137. The molecular formula is C19H25F3N4O3S. The first-order chi connectivity index (χ1) is 13.9. The number of amides is 1. The van der Waals surface area contributed by atoms with Crippen LogP contribution in [0, 0.1) is 0 Å². The predicted molar refractivity (Wildman–Crippen MR) is 105 cm³/mol. The summed E-state index contributed by atoms with van der Waals surface area (Å²) in [6.07, 6.45) is 0.248. The number of anilines is 1. The third-order valence-electron chi connectivity index (χ3n) is 6.67. The van der Waals surface area contributed by atoms with E-state index in [4.69, 9.17) is 5.73 Å². The molecule has 3 saturated carbocycles. The molecule has 1 amide bonds. The smallest absolute Gasteiger partial charge is 0.347 e. The van der Waals surface area contributed by atoms with Crippen LogP contribution in [0.25, 0.3) is 0 Å². The molecule has 4 N–H and O–H groups in total. The van der Waals surface area contributed by atoms with Crippen LogP contribution < -0.4 is 15.8 Å². The van der Waals surface area contributed by atoms with Gasteiger partial charge in [-0.1, -0.05) is 0 Å². The topological polar surface area (TPSA) is 105 Å². The standard InChI is InChI=1S/C19H25F3N4O3S/c20-19(21,22)13-2-3-15(25-30(28,29)26-10-1-11-26)14(12-13)16(27)24-18-7-4-17(23,5-8-18)6-9-18/h2-3,12,25H,1,4-11,23H2,(H,24,27). The number of rotatable bonds is 5. The Morgan fingerprint density at radius 2 is 1.67 bits per heavy atom. The molecule has 0 unspecified atom stereocenters. The molecule has 4 fully saturated rings. The Morgan fingerprint density at radius 1 is 1.07 bits per heavy atom. The van der Waals surface area contributed by atoms with Crippen LogP contribution in [0.15, 0.2) is 18.2 Å². The minimum absolute atomic E-state index is 0.163. The minimum atomic E-state index is -4.66. The molecule has 1 aliphatic heterocycles. The van der Waals surface area contributed by atoms with Gasteiger partial charge in [-0.2, -0.15) is 25.9 Å². The number of nitrogens with one attached hydrogen (secondary N) is 2. The van der Waals surface area contributed by atoms with Gasteiger partial charge in [0.2, 0.25) is 0 Å². The van der Waals surface area contributed by atoms with E-state index in [-0.39, 0.29) is 16.8 Å². The van der Waals surface area contributed by atoms with Gasteiger partial charge in [0.25, 0.3) is 5.91 Å². The van der Waals surface area contributed by atoms with Crippen LogP contribution in [0.4, 0.5) is 18.9 Å². The number of benzene rings is 1. The van der Waals surface area contributed by atoms with E-state index in [1.54, 1.807) is 0 Å². The second-order valence-corrected chi connectivity index (χ2v) is 10.4. The van der Waals surface area contributed by atoms with E-state index in [2.05, 4.69) is 10.0 Å². The molecule has 1 heterocycles. The Kier molecular flexibility index (Phi) is 5.06. The fraction of sp³-hybridized carbons (Fsp3) is 0.632. The second kappa shape index (κ2) is 7.10. The van der Waals surface area contributed by atoms with Crippen molar-refractivity contribution in [2.24, 2.45) is 5.73 Å². The average Bonchev–Trinajstić information content (AvgIpc) is 2.60. The summed E-state index contributed by atoms with van der Waals surface area (Å²) in [5.74, 6) is -0.714. The zero-order valence-electron chi connectivity index (χ0n) is 16.4. The van der Waals surface area contributed by atoms with Crippen LogP contribution in [0.1, 0.15) is 60.9 Å². The van der Waals surface area contributed by atoms with Gasteiger partial charge >= 0.3 is 16.4 Å². The van der Waals surface area contributed by atoms with Crippen LogP contribution in [-0.4, -0.2) is 42.8 Å². The van der Waals surface area contributed by atoms with Crippen molar-refractivity contribution in [1.82, 2.24) is 9.62 Å². The summed E-state index contributed by atoms with van der Waals surface area (Å²) >= 11 is 0. The quantitative estimate of drug-likeness (QED) is 0.647. The van der Waals surface area contributed by atoms with Crippen LogP contribution in [0.2, 0.25) is 0 Å². The molecule has 3 aliphatic carbocycles. The molecule has 11 heteroatoms. The van der Waals surface area contributed by atoms with E-state index in [0.29, 0.717) is 44.8 Å². The van der Waals surface area contributed by atoms with Crippen molar-refractivity contribution in [2.75, 3.05) is 17.8 Å². The largest absolute Gasteiger partial charge is 0.416 e. The first kappa shape index (κ1) is 21.4. The molecular weight excluding hydrogens is 421 g/mol. The third-order valence-corrected chi connectivity index (χ3v) is 8.19. The summed E-state index contributed by atoms with van der Waals surface area (Å²) in [5.41, 5.74) is 4.04. The molecule has 0 aromatic heterocycles. The SMILES string of the molecule is NC12CCC(NC(=O)c3cc(C(F)(F)F)ccc3NS(=O)(=O)N3CCC3)(CC1)CC2. The lowest BCUT2D eigenvalue weighted by atomic mass is 9.62. The molecule has 4 aliphatic rings. The summed E-state index contributed by atoms with van der Waals surface area (Å²) < 4.78 is 68.1. The summed E-state index contributed by atoms with van der Waals surface area (Å²) in [6.45, 7) is 0.670. The molecule has 5 rings (SSSR count). The maximum atomic E-state index is 13.2. The molecule has 1 aromatic rings. The van der Waals surface area contributed by atoms with Crippen LogP contribution in [0.5, 0.6) is 0 Å². The zero-order chi connectivity index (χ0) is 21.8. The fourth-order valence-corrected chi connectivity index (χ4v) is 5.76. The Morgan fingerprint density at radius 3 is 2.17 bits per heavy atom. The highest BCUT2D eigenvalue weighted by molar-refractivity contribution is 7.90. The molecule has 166 valence electrons.